The number of phenolic OH excluding ortho intramolecular Hbond substituents is 2. The van der Waals surface area contributed by atoms with E-state index in [4.69, 9.17) is 0 Å². The Morgan fingerprint density at radius 3 is 0.968 bits per heavy atom. The van der Waals surface area contributed by atoms with E-state index in [0.29, 0.717) is 11.5 Å². The number of hydrogen-bond donors (Lipinski definition) is 2. The van der Waals surface area contributed by atoms with Crippen LogP contribution in [0.1, 0.15) is 0 Å². The van der Waals surface area contributed by atoms with E-state index in [-0.39, 0.29) is 26.2 Å². The summed E-state index contributed by atoms with van der Waals surface area (Å²) >= 11 is 0. The predicted octanol–water partition coefficient (Wildman–Crippen LogP) is 5.72. The normalized spacial score (nSPS) is 8.65. The van der Waals surface area contributed by atoms with Gasteiger partial charge in [0.1, 0.15) is 11.5 Å². The largest absolute Gasteiger partial charge is 2.00 e. The second-order valence-corrected chi connectivity index (χ2v) is 6.69. The van der Waals surface area contributed by atoms with Gasteiger partial charge in [-0.3, -0.25) is 0 Å². The molecule has 0 bridgehead atoms. The molecule has 4 aromatic rings. The molecule has 5 heteroatoms. The summed E-state index contributed by atoms with van der Waals surface area (Å²) in [6.07, 6.45) is 0. The van der Waals surface area contributed by atoms with E-state index in [9.17, 15) is 10.2 Å². The van der Waals surface area contributed by atoms with Crippen molar-refractivity contribution in [2.24, 2.45) is 0 Å². The van der Waals surface area contributed by atoms with Gasteiger partial charge in [-0.25, -0.2) is 24.3 Å². The molecular formula is C26H32N2O2Zr. The molecule has 0 aliphatic rings. The summed E-state index contributed by atoms with van der Waals surface area (Å²) in [6, 6.07) is 34.5. The number of anilines is 2. The van der Waals surface area contributed by atoms with E-state index in [0.717, 1.165) is 11.4 Å². The zero-order chi connectivity index (χ0) is 22.2. The van der Waals surface area contributed by atoms with Crippen LogP contribution >= 0.6 is 0 Å². The molecule has 0 fully saturated rings. The van der Waals surface area contributed by atoms with Crippen LogP contribution in [0.15, 0.2) is 109 Å². The third-order valence-electron chi connectivity index (χ3n) is 3.84. The molecule has 4 rings (SSSR count). The zero-order valence-electron chi connectivity index (χ0n) is 18.7. The zero-order valence-corrected chi connectivity index (χ0v) is 21.1. The van der Waals surface area contributed by atoms with Gasteiger partial charge < -0.3 is 20.0 Å². The third kappa shape index (κ3) is 12.5. The number of hydrogen-bond acceptors (Lipinski definition) is 4. The van der Waals surface area contributed by atoms with Crippen LogP contribution < -0.4 is 9.80 Å². The summed E-state index contributed by atoms with van der Waals surface area (Å²) in [5.74, 6) is 0.653. The predicted molar refractivity (Wildman–Crippen MR) is 129 cm³/mol. The van der Waals surface area contributed by atoms with Crippen molar-refractivity contribution in [3.63, 3.8) is 0 Å². The van der Waals surface area contributed by atoms with Gasteiger partial charge in [0.2, 0.25) is 0 Å². The van der Waals surface area contributed by atoms with Gasteiger partial charge in [0.05, 0.1) is 11.4 Å². The third-order valence-corrected chi connectivity index (χ3v) is 3.84. The molecule has 0 saturated carbocycles. The molecule has 0 radical (unpaired) electrons. The molecule has 0 atom stereocenters. The number of aromatic hydroxyl groups is 2. The van der Waals surface area contributed by atoms with E-state index in [1.807, 2.05) is 135 Å². The molecule has 2 N–H and O–H groups in total. The summed E-state index contributed by atoms with van der Waals surface area (Å²) in [4.78, 5) is 3.74. The Kier molecular flexibility index (Phi) is 15.4. The molecule has 0 aliphatic heterocycles. The first-order chi connectivity index (χ1) is 14.4. The molecule has 0 aromatic heterocycles. The minimum atomic E-state index is 0. The van der Waals surface area contributed by atoms with E-state index in [1.165, 1.54) is 0 Å². The van der Waals surface area contributed by atoms with Crippen molar-refractivity contribution in [3.8, 4) is 11.5 Å². The average Bonchev–Trinajstić information content (AvgIpc) is 3.47. The molecule has 162 valence electrons. The molecule has 0 aliphatic carbocycles. The van der Waals surface area contributed by atoms with Gasteiger partial charge in [-0.2, -0.15) is 36.4 Å². The molecule has 31 heavy (non-hydrogen) atoms. The first-order valence-corrected chi connectivity index (χ1v) is 9.67. The summed E-state index contributed by atoms with van der Waals surface area (Å²) < 4.78 is 0. The SMILES string of the molecule is CN(C)c1ccccc1O.CN(C)c1ccccc1O.[Zr+2].c1cc[cH-]c1.c1cc[cH-]c1. The Hall–Kier alpha value is -2.78. The fourth-order valence-corrected chi connectivity index (χ4v) is 2.33. The van der Waals surface area contributed by atoms with Crippen LogP contribution in [0.2, 0.25) is 0 Å². The van der Waals surface area contributed by atoms with E-state index in [2.05, 4.69) is 0 Å². The van der Waals surface area contributed by atoms with Crippen molar-refractivity contribution in [2.45, 2.75) is 0 Å². The molecule has 0 amide bonds. The molecule has 0 spiro atoms. The Morgan fingerprint density at radius 2 is 0.806 bits per heavy atom. The first-order valence-electron chi connectivity index (χ1n) is 9.67. The van der Waals surface area contributed by atoms with Crippen LogP contribution in [-0.4, -0.2) is 38.4 Å². The van der Waals surface area contributed by atoms with Gasteiger partial charge in [0.25, 0.3) is 0 Å². The van der Waals surface area contributed by atoms with Crippen LogP contribution in [-0.2, 0) is 26.2 Å². The number of nitrogens with zero attached hydrogens (tertiary/aromatic N) is 2. The molecular weight excluding hydrogens is 464 g/mol. The topological polar surface area (TPSA) is 46.9 Å². The number of rotatable bonds is 2. The van der Waals surface area contributed by atoms with E-state index >= 15 is 0 Å². The fraction of sp³-hybridized carbons (Fsp3) is 0.154. The summed E-state index contributed by atoms with van der Waals surface area (Å²) in [5.41, 5.74) is 1.70. The van der Waals surface area contributed by atoms with Gasteiger partial charge in [-0.15, -0.1) is 0 Å². The van der Waals surface area contributed by atoms with Crippen molar-refractivity contribution < 1.29 is 36.4 Å². The van der Waals surface area contributed by atoms with E-state index in [1.54, 1.807) is 12.1 Å². The minimum Gasteiger partial charge on any atom is -0.506 e. The quantitative estimate of drug-likeness (QED) is 0.349. The Balaban J connectivity index is 0.000000401. The van der Waals surface area contributed by atoms with Gasteiger partial charge >= 0.3 is 26.2 Å². The molecule has 4 aromatic carbocycles. The fourth-order valence-electron chi connectivity index (χ4n) is 2.33. The first kappa shape index (κ1) is 28.2. The van der Waals surface area contributed by atoms with Crippen LogP contribution in [0.4, 0.5) is 11.4 Å². The summed E-state index contributed by atoms with van der Waals surface area (Å²) in [6.45, 7) is 0. The average molecular weight is 496 g/mol. The molecule has 4 nitrogen and oxygen atoms in total. The minimum absolute atomic E-state index is 0. The van der Waals surface area contributed by atoms with E-state index < -0.39 is 0 Å². The van der Waals surface area contributed by atoms with Gasteiger partial charge in [-0.1, -0.05) is 24.3 Å². The van der Waals surface area contributed by atoms with Crippen molar-refractivity contribution in [3.05, 3.63) is 109 Å². The number of para-hydroxylation sites is 4. The second kappa shape index (κ2) is 17.0. The standard InChI is InChI=1S/2C8H11NO.2C5H5.Zr/c2*1-9(2)7-5-3-4-6-8(7)10;2*1-2-4-5-3-1;/h2*3-6,10H,1-2H3;2*1-5H;/q;;2*-1;+2. The number of phenols is 2. The second-order valence-electron chi connectivity index (χ2n) is 6.69. The maximum atomic E-state index is 9.24. The Labute approximate surface area is 205 Å². The Bertz CT molecular complexity index is 779. The van der Waals surface area contributed by atoms with Crippen LogP contribution in [0, 0.1) is 0 Å². The monoisotopic (exact) mass is 494 g/mol. The van der Waals surface area contributed by atoms with Gasteiger partial charge in [0.15, 0.2) is 0 Å². The maximum absolute atomic E-state index is 9.24. The van der Waals surface area contributed by atoms with Gasteiger partial charge in [0, 0.05) is 28.2 Å². The molecule has 0 unspecified atom stereocenters. The van der Waals surface area contributed by atoms with Crippen molar-refractivity contribution in [1.29, 1.82) is 0 Å². The van der Waals surface area contributed by atoms with Crippen LogP contribution in [0.3, 0.4) is 0 Å². The van der Waals surface area contributed by atoms with Crippen LogP contribution in [0.25, 0.3) is 0 Å². The maximum Gasteiger partial charge on any atom is 2.00 e. The van der Waals surface area contributed by atoms with Crippen molar-refractivity contribution >= 4 is 11.4 Å². The van der Waals surface area contributed by atoms with Crippen molar-refractivity contribution in [2.75, 3.05) is 38.0 Å². The molecule has 0 saturated heterocycles. The van der Waals surface area contributed by atoms with Crippen molar-refractivity contribution in [1.82, 2.24) is 0 Å². The number of benzene rings is 2. The molecule has 0 heterocycles. The smallest absolute Gasteiger partial charge is 0.506 e. The van der Waals surface area contributed by atoms with Gasteiger partial charge in [-0.05, 0) is 24.3 Å². The summed E-state index contributed by atoms with van der Waals surface area (Å²) in [5, 5.41) is 18.5. The van der Waals surface area contributed by atoms with Crippen LogP contribution in [0.5, 0.6) is 11.5 Å². The Morgan fingerprint density at radius 1 is 0.516 bits per heavy atom. The summed E-state index contributed by atoms with van der Waals surface area (Å²) in [7, 11) is 7.59.